The molecule has 0 unspecified atom stereocenters. The van der Waals surface area contributed by atoms with Gasteiger partial charge >= 0.3 is 5.97 Å². The SMILES string of the molecule is CC(C)[Si](OCOC(=O)CCCCCCCCCCCCCCO[Si](C)(C)C(C)(C)C)(C(C)C)C(C)C. The second-order valence-corrected chi connectivity index (χ2v) is 24.0. The fourth-order valence-corrected chi connectivity index (χ4v) is 11.8. The van der Waals surface area contributed by atoms with Gasteiger partial charge in [-0.15, -0.1) is 0 Å². The minimum Gasteiger partial charge on any atom is -0.439 e. The average Bonchev–Trinajstić information content (AvgIpc) is 2.77. The minimum atomic E-state index is -1.96. The van der Waals surface area contributed by atoms with Crippen LogP contribution in [0.2, 0.25) is 34.8 Å². The lowest BCUT2D eigenvalue weighted by Crippen LogP contribution is -2.48. The van der Waals surface area contributed by atoms with Gasteiger partial charge in [-0.3, -0.25) is 4.79 Å². The number of ether oxygens (including phenoxy) is 1. The molecule has 0 aliphatic rings. The van der Waals surface area contributed by atoms with E-state index >= 15 is 0 Å². The Bertz CT molecular complexity index is 560. The Kier molecular flexibility index (Phi) is 18.9. The van der Waals surface area contributed by atoms with Crippen molar-refractivity contribution < 1.29 is 18.4 Å². The van der Waals surface area contributed by atoms with Crippen LogP contribution in [0.25, 0.3) is 0 Å². The first-order valence-corrected chi connectivity index (χ1v) is 20.7. The summed E-state index contributed by atoms with van der Waals surface area (Å²) in [4.78, 5) is 12.1. The first-order valence-electron chi connectivity index (χ1n) is 15.6. The van der Waals surface area contributed by atoms with E-state index in [4.69, 9.17) is 13.6 Å². The van der Waals surface area contributed by atoms with Crippen molar-refractivity contribution in [3.63, 3.8) is 0 Å². The third kappa shape index (κ3) is 14.7. The van der Waals surface area contributed by atoms with Crippen molar-refractivity contribution >= 4 is 22.6 Å². The standard InChI is InChI=1S/C31H66O4Si2/c1-27(2)37(28(3)4,29(5)6)35-26-33-30(32)24-22-20-18-16-14-12-13-15-17-19-21-23-25-34-36(10,11)31(7,8)9/h27-29H,12-26H2,1-11H3. The third-order valence-corrected chi connectivity index (χ3v) is 19.4. The molecule has 0 aromatic heterocycles. The van der Waals surface area contributed by atoms with Crippen LogP contribution >= 0.6 is 0 Å². The predicted molar refractivity (Wildman–Crippen MR) is 166 cm³/mol. The van der Waals surface area contributed by atoms with Crippen LogP contribution in [-0.2, 0) is 18.4 Å². The highest BCUT2D eigenvalue weighted by molar-refractivity contribution is 6.77. The fourth-order valence-electron chi connectivity index (χ4n) is 5.45. The van der Waals surface area contributed by atoms with Gasteiger partial charge in [0.05, 0.1) is 0 Å². The molecule has 0 radical (unpaired) electrons. The maximum absolute atomic E-state index is 12.1. The fraction of sp³-hybridized carbons (Fsp3) is 0.968. The largest absolute Gasteiger partial charge is 0.439 e. The molecule has 4 nitrogen and oxygen atoms in total. The van der Waals surface area contributed by atoms with Crippen molar-refractivity contribution in [1.29, 1.82) is 0 Å². The Morgan fingerprint density at radius 2 is 1.00 bits per heavy atom. The molecule has 0 fully saturated rings. The highest BCUT2D eigenvalue weighted by atomic mass is 28.4. The molecule has 0 bridgehead atoms. The minimum absolute atomic E-state index is 0.106. The summed E-state index contributed by atoms with van der Waals surface area (Å²) < 4.78 is 18.0. The van der Waals surface area contributed by atoms with Crippen molar-refractivity contribution in [2.45, 2.75) is 181 Å². The summed E-state index contributed by atoms with van der Waals surface area (Å²) >= 11 is 0. The first-order chi connectivity index (χ1) is 17.2. The van der Waals surface area contributed by atoms with Gasteiger partial charge in [0.1, 0.15) is 0 Å². The number of hydrogen-bond acceptors (Lipinski definition) is 4. The van der Waals surface area contributed by atoms with Crippen molar-refractivity contribution in [1.82, 2.24) is 0 Å². The molecule has 0 amide bonds. The smallest absolute Gasteiger partial charge is 0.307 e. The molecule has 0 aliphatic heterocycles. The maximum atomic E-state index is 12.1. The lowest BCUT2D eigenvalue weighted by Gasteiger charge is -2.41. The summed E-state index contributed by atoms with van der Waals surface area (Å²) in [5.41, 5.74) is 1.51. The molecule has 0 N–H and O–H groups in total. The normalized spacial score (nSPS) is 13.2. The molecule has 0 spiro atoms. The van der Waals surface area contributed by atoms with E-state index in [1.165, 1.54) is 64.2 Å². The Balaban J connectivity index is 3.65. The molecule has 0 atom stereocenters. The van der Waals surface area contributed by atoms with Crippen LogP contribution in [-0.4, -0.2) is 36.0 Å². The summed E-state index contributed by atoms with van der Waals surface area (Å²) in [6, 6.07) is 0. The maximum Gasteiger partial charge on any atom is 0.307 e. The molecule has 0 heterocycles. The van der Waals surface area contributed by atoms with Gasteiger partial charge in [-0.1, -0.05) is 127 Å². The quantitative estimate of drug-likeness (QED) is 0.0573. The first kappa shape index (κ1) is 36.8. The van der Waals surface area contributed by atoms with Crippen LogP contribution in [0.1, 0.15) is 146 Å². The Morgan fingerprint density at radius 1 is 0.622 bits per heavy atom. The van der Waals surface area contributed by atoms with Crippen LogP contribution in [0.5, 0.6) is 0 Å². The molecule has 0 saturated carbocycles. The molecule has 222 valence electrons. The van der Waals surface area contributed by atoms with Crippen molar-refractivity contribution in [3.8, 4) is 0 Å². The topological polar surface area (TPSA) is 44.8 Å². The van der Waals surface area contributed by atoms with Gasteiger partial charge in [0.2, 0.25) is 8.32 Å². The van der Waals surface area contributed by atoms with Crippen LogP contribution in [0.3, 0.4) is 0 Å². The summed E-state index contributed by atoms with van der Waals surface area (Å²) in [7, 11) is -3.52. The van der Waals surface area contributed by atoms with Crippen LogP contribution < -0.4 is 0 Å². The van der Waals surface area contributed by atoms with Gasteiger partial charge < -0.3 is 13.6 Å². The average molecular weight is 559 g/mol. The highest BCUT2D eigenvalue weighted by Crippen LogP contribution is 2.42. The van der Waals surface area contributed by atoms with E-state index in [0.717, 1.165) is 19.4 Å². The number of carbonyl (C=O) groups is 1. The van der Waals surface area contributed by atoms with Crippen molar-refractivity contribution in [2.24, 2.45) is 0 Å². The molecule has 0 rings (SSSR count). The van der Waals surface area contributed by atoms with Gasteiger partial charge in [-0.25, -0.2) is 0 Å². The van der Waals surface area contributed by atoms with Crippen molar-refractivity contribution in [2.75, 3.05) is 13.4 Å². The summed E-state index contributed by atoms with van der Waals surface area (Å²) in [5, 5.41) is 0.317. The Labute approximate surface area is 234 Å². The van der Waals surface area contributed by atoms with E-state index in [1.807, 2.05) is 0 Å². The van der Waals surface area contributed by atoms with E-state index in [1.54, 1.807) is 0 Å². The van der Waals surface area contributed by atoms with Crippen LogP contribution in [0.4, 0.5) is 0 Å². The molecular weight excluding hydrogens is 493 g/mol. The summed E-state index contributed by atoms with van der Waals surface area (Å²) in [6.45, 7) is 26.2. The molecule has 0 aliphatic carbocycles. The third-order valence-electron chi connectivity index (χ3n) is 8.78. The van der Waals surface area contributed by atoms with Crippen LogP contribution in [0, 0.1) is 0 Å². The molecule has 0 aromatic carbocycles. The van der Waals surface area contributed by atoms with Gasteiger partial charge in [0.15, 0.2) is 15.1 Å². The predicted octanol–water partition coefficient (Wildman–Crippen LogP) is 10.8. The summed E-state index contributed by atoms with van der Waals surface area (Å²) in [5.74, 6) is -0.106. The molecular formula is C31H66O4Si2. The van der Waals surface area contributed by atoms with Gasteiger partial charge in [-0.05, 0) is 47.6 Å². The zero-order valence-corrected chi connectivity index (χ0v) is 29.0. The van der Waals surface area contributed by atoms with E-state index in [0.29, 0.717) is 28.1 Å². The zero-order chi connectivity index (χ0) is 28.5. The lowest BCUT2D eigenvalue weighted by molar-refractivity contribution is -0.151. The number of hydrogen-bond donors (Lipinski definition) is 0. The Morgan fingerprint density at radius 3 is 1.38 bits per heavy atom. The van der Waals surface area contributed by atoms with E-state index in [2.05, 4.69) is 75.4 Å². The number of carbonyl (C=O) groups excluding carboxylic acids is 1. The van der Waals surface area contributed by atoms with Gasteiger partial charge in [0, 0.05) is 13.0 Å². The second kappa shape index (κ2) is 19.0. The van der Waals surface area contributed by atoms with E-state index < -0.39 is 16.6 Å². The van der Waals surface area contributed by atoms with E-state index in [-0.39, 0.29) is 12.8 Å². The van der Waals surface area contributed by atoms with E-state index in [9.17, 15) is 4.79 Å². The number of unbranched alkanes of at least 4 members (excludes halogenated alkanes) is 11. The van der Waals surface area contributed by atoms with Gasteiger partial charge in [-0.2, -0.15) is 0 Å². The lowest BCUT2D eigenvalue weighted by atomic mass is 10.0. The Hall–Kier alpha value is -0.176. The molecule has 37 heavy (non-hydrogen) atoms. The van der Waals surface area contributed by atoms with Gasteiger partial charge in [0.25, 0.3) is 0 Å². The molecule has 0 aromatic rings. The molecule has 0 saturated heterocycles. The molecule has 6 heteroatoms. The van der Waals surface area contributed by atoms with Crippen molar-refractivity contribution in [3.05, 3.63) is 0 Å². The van der Waals surface area contributed by atoms with Crippen LogP contribution in [0.15, 0.2) is 0 Å². The monoisotopic (exact) mass is 558 g/mol. The number of esters is 1. The zero-order valence-electron chi connectivity index (χ0n) is 27.0. The highest BCUT2D eigenvalue weighted by Gasteiger charge is 2.45. The summed E-state index contributed by atoms with van der Waals surface area (Å²) in [6.07, 6.45) is 15.7. The second-order valence-electron chi connectivity index (χ2n) is 13.7. The number of rotatable bonds is 22.